The Morgan fingerprint density at radius 2 is 1.89 bits per heavy atom. The Labute approximate surface area is 208 Å². The molecule has 2 heterocycles. The second kappa shape index (κ2) is 12.5. The summed E-state index contributed by atoms with van der Waals surface area (Å²) in [7, 11) is 2.59. The van der Waals surface area contributed by atoms with Crippen LogP contribution in [-0.2, 0) is 42.7 Å². The van der Waals surface area contributed by atoms with E-state index in [-0.39, 0.29) is 19.2 Å². The molecule has 196 valence electrons. The molecule has 3 fully saturated rings. The first-order valence-electron chi connectivity index (χ1n) is 12.0. The summed E-state index contributed by atoms with van der Waals surface area (Å²) in [6.07, 6.45) is -1.53. The zero-order chi connectivity index (χ0) is 25.5. The predicted octanol–water partition coefficient (Wildman–Crippen LogP) is 2.81. The number of nitrogens with zero attached hydrogens (tertiary/aromatic N) is 3. The topological polar surface area (TPSA) is 148 Å². The fraction of sp³-hybridized carbons (Fsp3) is 0.667. The molecule has 4 rings (SSSR count). The summed E-state index contributed by atoms with van der Waals surface area (Å²) >= 11 is 0. The summed E-state index contributed by atoms with van der Waals surface area (Å²) < 4.78 is 40.1. The Bertz CT molecular complexity index is 942. The lowest BCUT2D eigenvalue weighted by molar-refractivity contribution is -0.352. The minimum absolute atomic E-state index is 0.149. The number of esters is 2. The molecular formula is C24H31N3O9. The number of azide groups is 1. The number of carbonyl (C=O) groups excluding carboxylic acids is 2. The third-order valence-corrected chi connectivity index (χ3v) is 6.70. The number of rotatable bonds is 8. The van der Waals surface area contributed by atoms with Gasteiger partial charge in [-0.05, 0) is 18.4 Å². The lowest BCUT2D eigenvalue weighted by atomic mass is 9.86. The highest BCUT2D eigenvalue weighted by Crippen LogP contribution is 2.38. The molecule has 0 amide bonds. The number of ether oxygens (including phenoxy) is 7. The Kier molecular flexibility index (Phi) is 9.13. The number of hydrogen-bond donors (Lipinski definition) is 0. The minimum atomic E-state index is -1.06. The Balaban J connectivity index is 1.58. The number of carbonyl (C=O) groups is 2. The molecule has 0 bridgehead atoms. The highest BCUT2D eigenvalue weighted by molar-refractivity contribution is 5.73. The van der Waals surface area contributed by atoms with Crippen molar-refractivity contribution in [2.75, 3.05) is 27.4 Å². The molecule has 3 aliphatic rings. The Morgan fingerprint density at radius 3 is 2.61 bits per heavy atom. The van der Waals surface area contributed by atoms with Crippen molar-refractivity contribution < 1.29 is 42.7 Å². The molecule has 36 heavy (non-hydrogen) atoms. The van der Waals surface area contributed by atoms with Gasteiger partial charge in [0, 0.05) is 10.5 Å². The van der Waals surface area contributed by atoms with Crippen LogP contribution in [0.4, 0.5) is 0 Å². The van der Waals surface area contributed by atoms with Gasteiger partial charge in [-0.2, -0.15) is 0 Å². The maximum atomic E-state index is 12.4. The number of methoxy groups -OCH3 is 2. The quantitative estimate of drug-likeness (QED) is 0.225. The molecule has 0 aromatic heterocycles. The van der Waals surface area contributed by atoms with Gasteiger partial charge in [-0.1, -0.05) is 48.3 Å². The van der Waals surface area contributed by atoms with E-state index in [1.54, 1.807) is 0 Å². The van der Waals surface area contributed by atoms with Crippen molar-refractivity contribution in [2.45, 2.75) is 68.7 Å². The minimum Gasteiger partial charge on any atom is -0.469 e. The maximum Gasteiger partial charge on any atom is 0.331 e. The average Bonchev–Trinajstić information content (AvgIpc) is 2.92. The maximum absolute atomic E-state index is 12.4. The molecule has 8 atom stereocenters. The van der Waals surface area contributed by atoms with Crippen molar-refractivity contribution >= 4 is 11.9 Å². The summed E-state index contributed by atoms with van der Waals surface area (Å²) in [5, 5.41) is 3.91. The van der Waals surface area contributed by atoms with Gasteiger partial charge in [0.25, 0.3) is 0 Å². The summed E-state index contributed by atoms with van der Waals surface area (Å²) in [6, 6.07) is 8.35. The molecule has 1 aliphatic carbocycles. The smallest absolute Gasteiger partial charge is 0.331 e. The van der Waals surface area contributed by atoms with Gasteiger partial charge in [0.1, 0.15) is 31.0 Å². The van der Waals surface area contributed by atoms with Crippen LogP contribution in [0.25, 0.3) is 10.4 Å². The average molecular weight is 506 g/mol. The van der Waals surface area contributed by atoms with Gasteiger partial charge < -0.3 is 33.2 Å². The summed E-state index contributed by atoms with van der Waals surface area (Å²) in [5.41, 5.74) is 10.1. The van der Waals surface area contributed by atoms with E-state index in [1.807, 2.05) is 30.3 Å². The van der Waals surface area contributed by atoms with Gasteiger partial charge in [0.15, 0.2) is 12.6 Å². The van der Waals surface area contributed by atoms with Crippen LogP contribution in [-0.4, -0.2) is 76.1 Å². The van der Waals surface area contributed by atoms with Crippen LogP contribution >= 0.6 is 0 Å². The molecule has 1 aromatic rings. The number of fused-ring (bicyclic) bond motifs is 1. The molecule has 0 N–H and O–H groups in total. The molecule has 12 heteroatoms. The summed E-state index contributed by atoms with van der Waals surface area (Å²) in [5.74, 6) is -1.42. The van der Waals surface area contributed by atoms with Crippen LogP contribution < -0.4 is 0 Å². The SMILES string of the molecule is COC(=O)CO[C@@H]1C(N=[N+]=[N-])C(OC2CCCC[C@@H]2C(=O)OC)OC2COC(c3ccccc3)O[C@@H]21. The lowest BCUT2D eigenvalue weighted by Gasteiger charge is -2.49. The van der Waals surface area contributed by atoms with Gasteiger partial charge in [-0.15, -0.1) is 0 Å². The van der Waals surface area contributed by atoms with Gasteiger partial charge in [-0.3, -0.25) is 4.79 Å². The van der Waals surface area contributed by atoms with Crippen molar-refractivity contribution in [3.05, 3.63) is 46.3 Å². The zero-order valence-electron chi connectivity index (χ0n) is 20.3. The van der Waals surface area contributed by atoms with Crippen LogP contribution in [0.3, 0.4) is 0 Å². The third kappa shape index (κ3) is 5.97. The molecular weight excluding hydrogens is 474 g/mol. The van der Waals surface area contributed by atoms with Crippen molar-refractivity contribution in [1.29, 1.82) is 0 Å². The molecule has 0 radical (unpaired) electrons. The first-order chi connectivity index (χ1) is 17.5. The number of benzene rings is 1. The zero-order valence-corrected chi connectivity index (χ0v) is 20.3. The number of hydrogen-bond acceptors (Lipinski definition) is 10. The normalized spacial score (nSPS) is 34.1. The van der Waals surface area contributed by atoms with Crippen LogP contribution in [0.2, 0.25) is 0 Å². The van der Waals surface area contributed by atoms with Crippen molar-refractivity contribution in [3.63, 3.8) is 0 Å². The van der Waals surface area contributed by atoms with E-state index in [2.05, 4.69) is 10.0 Å². The molecule has 2 saturated heterocycles. The largest absolute Gasteiger partial charge is 0.469 e. The Hall–Kier alpha value is -2.73. The van der Waals surface area contributed by atoms with Crippen LogP contribution in [0.1, 0.15) is 37.5 Å². The second-order valence-electron chi connectivity index (χ2n) is 8.86. The standard InChI is InChI=1S/C24H31N3O9/c1-30-18(28)13-32-21-19(26-27-25)24(34-16-11-7-6-10-15(16)22(29)31-2)35-17-12-33-23(36-20(17)21)14-8-4-3-5-9-14/h3-5,8-9,15-17,19-21,23-24H,6-7,10-13H2,1-2H3/t15-,16?,17?,19?,20-,21+,23?,24?/m0/s1. The highest BCUT2D eigenvalue weighted by Gasteiger charge is 2.52. The van der Waals surface area contributed by atoms with Gasteiger partial charge in [-0.25, -0.2) is 4.79 Å². The molecule has 1 aromatic carbocycles. The molecule has 1 saturated carbocycles. The van der Waals surface area contributed by atoms with Crippen LogP contribution in [0, 0.1) is 5.92 Å². The Morgan fingerprint density at radius 1 is 1.11 bits per heavy atom. The molecule has 0 spiro atoms. The van der Waals surface area contributed by atoms with Crippen LogP contribution in [0.15, 0.2) is 35.4 Å². The van der Waals surface area contributed by atoms with Gasteiger partial charge in [0.05, 0.1) is 32.8 Å². The second-order valence-corrected chi connectivity index (χ2v) is 8.86. The first-order valence-corrected chi connectivity index (χ1v) is 12.0. The van der Waals surface area contributed by atoms with Gasteiger partial charge in [0.2, 0.25) is 0 Å². The van der Waals surface area contributed by atoms with E-state index in [9.17, 15) is 15.1 Å². The molecule has 5 unspecified atom stereocenters. The fourth-order valence-corrected chi connectivity index (χ4v) is 4.90. The van der Waals surface area contributed by atoms with E-state index in [4.69, 9.17) is 33.2 Å². The van der Waals surface area contributed by atoms with E-state index in [0.29, 0.717) is 12.8 Å². The first kappa shape index (κ1) is 26.3. The molecule has 2 aliphatic heterocycles. The van der Waals surface area contributed by atoms with Crippen molar-refractivity contribution in [2.24, 2.45) is 11.0 Å². The van der Waals surface area contributed by atoms with E-state index >= 15 is 0 Å². The van der Waals surface area contributed by atoms with Crippen molar-refractivity contribution in [1.82, 2.24) is 0 Å². The third-order valence-electron chi connectivity index (χ3n) is 6.70. The highest BCUT2D eigenvalue weighted by atomic mass is 16.8. The van der Waals surface area contributed by atoms with Crippen molar-refractivity contribution in [3.8, 4) is 0 Å². The van der Waals surface area contributed by atoms with E-state index in [1.165, 1.54) is 14.2 Å². The van der Waals surface area contributed by atoms with E-state index < -0.39 is 54.9 Å². The monoisotopic (exact) mass is 505 g/mol. The van der Waals surface area contributed by atoms with Crippen LogP contribution in [0.5, 0.6) is 0 Å². The van der Waals surface area contributed by atoms with E-state index in [0.717, 1.165) is 18.4 Å². The summed E-state index contributed by atoms with van der Waals surface area (Å²) in [4.78, 5) is 27.2. The fourth-order valence-electron chi connectivity index (χ4n) is 4.90. The predicted molar refractivity (Wildman–Crippen MR) is 122 cm³/mol. The molecule has 12 nitrogen and oxygen atoms in total. The van der Waals surface area contributed by atoms with Gasteiger partial charge >= 0.3 is 11.9 Å². The lowest BCUT2D eigenvalue weighted by Crippen LogP contribution is -2.63. The summed E-state index contributed by atoms with van der Waals surface area (Å²) in [6.45, 7) is -0.237.